The van der Waals surface area contributed by atoms with Gasteiger partial charge in [-0.15, -0.1) is 0 Å². The maximum absolute atomic E-state index is 10.9. The van der Waals surface area contributed by atoms with Crippen molar-refractivity contribution in [2.75, 3.05) is 0 Å². The van der Waals surface area contributed by atoms with Crippen LogP contribution in [0.15, 0.2) is 23.0 Å². The van der Waals surface area contributed by atoms with Crippen molar-refractivity contribution in [3.05, 3.63) is 35.8 Å². The van der Waals surface area contributed by atoms with E-state index in [0.29, 0.717) is 23.0 Å². The van der Waals surface area contributed by atoms with E-state index in [9.17, 15) is 4.79 Å². The van der Waals surface area contributed by atoms with E-state index < -0.39 is 5.97 Å². The molecule has 0 amide bonds. The summed E-state index contributed by atoms with van der Waals surface area (Å²) in [5, 5.41) is 16.6. The number of carboxylic acid groups (broad SMARTS) is 1. The molecule has 1 N–H and O–H groups in total. The second-order valence-corrected chi connectivity index (χ2v) is 4.25. The highest BCUT2D eigenvalue weighted by molar-refractivity contribution is 5.85. The number of carbonyl (C=O) groups is 1. The van der Waals surface area contributed by atoms with Crippen LogP contribution in [0.3, 0.4) is 0 Å². The molecule has 0 saturated heterocycles. The molecule has 0 saturated carbocycles. The van der Waals surface area contributed by atoms with Crippen molar-refractivity contribution in [1.29, 1.82) is 0 Å². The number of hydrogen-bond donors (Lipinski definition) is 1. The molecule has 106 valence electrons. The van der Waals surface area contributed by atoms with Gasteiger partial charge in [0.2, 0.25) is 0 Å². The fraction of sp³-hybridized carbons (Fsp3) is 0.167. The Labute approximate surface area is 118 Å². The van der Waals surface area contributed by atoms with Crippen LogP contribution in [0.25, 0.3) is 17.3 Å². The van der Waals surface area contributed by atoms with Gasteiger partial charge in [-0.05, 0) is 19.9 Å². The third-order valence-electron chi connectivity index (χ3n) is 2.67. The minimum absolute atomic E-state index is 0.0843. The predicted octanol–water partition coefficient (Wildman–Crippen LogP) is 1.03. The van der Waals surface area contributed by atoms with Crippen molar-refractivity contribution in [2.45, 2.75) is 13.8 Å². The van der Waals surface area contributed by atoms with Gasteiger partial charge in [0.1, 0.15) is 11.4 Å². The second kappa shape index (κ2) is 4.78. The zero-order chi connectivity index (χ0) is 15.0. The number of aromatic nitrogens is 6. The molecule has 0 fully saturated rings. The molecule has 3 aromatic rings. The van der Waals surface area contributed by atoms with E-state index in [1.54, 1.807) is 13.8 Å². The van der Waals surface area contributed by atoms with Gasteiger partial charge in [-0.25, -0.2) is 19.4 Å². The van der Waals surface area contributed by atoms with Crippen molar-refractivity contribution in [1.82, 2.24) is 29.9 Å². The molecule has 9 heteroatoms. The van der Waals surface area contributed by atoms with E-state index in [0.717, 1.165) is 0 Å². The van der Waals surface area contributed by atoms with E-state index in [-0.39, 0.29) is 11.6 Å². The van der Waals surface area contributed by atoms with E-state index in [4.69, 9.17) is 9.63 Å². The van der Waals surface area contributed by atoms with Crippen LogP contribution in [0.4, 0.5) is 0 Å². The van der Waals surface area contributed by atoms with Gasteiger partial charge in [0.25, 0.3) is 5.89 Å². The van der Waals surface area contributed by atoms with E-state index in [1.165, 1.54) is 23.1 Å². The Morgan fingerprint density at radius 1 is 1.29 bits per heavy atom. The Morgan fingerprint density at radius 2 is 2.10 bits per heavy atom. The van der Waals surface area contributed by atoms with Gasteiger partial charge in [0, 0.05) is 12.4 Å². The van der Waals surface area contributed by atoms with Crippen molar-refractivity contribution < 1.29 is 14.4 Å². The van der Waals surface area contributed by atoms with Crippen LogP contribution < -0.4 is 0 Å². The third-order valence-corrected chi connectivity index (χ3v) is 2.67. The van der Waals surface area contributed by atoms with Gasteiger partial charge in [-0.3, -0.25) is 0 Å². The molecule has 0 aliphatic carbocycles. The van der Waals surface area contributed by atoms with Crippen molar-refractivity contribution in [3.8, 4) is 17.3 Å². The van der Waals surface area contributed by atoms with Crippen molar-refractivity contribution in [2.24, 2.45) is 0 Å². The number of rotatable bonds is 3. The molecule has 3 aromatic heterocycles. The van der Waals surface area contributed by atoms with Crippen LogP contribution in [-0.2, 0) is 0 Å². The lowest BCUT2D eigenvalue weighted by Gasteiger charge is -2.05. The Bertz CT molecular complexity index is 822. The Morgan fingerprint density at radius 3 is 2.71 bits per heavy atom. The van der Waals surface area contributed by atoms with Crippen LogP contribution in [0.5, 0.6) is 0 Å². The summed E-state index contributed by atoms with van der Waals surface area (Å²) >= 11 is 0. The maximum Gasteiger partial charge on any atom is 0.356 e. The second-order valence-electron chi connectivity index (χ2n) is 4.25. The summed E-state index contributed by atoms with van der Waals surface area (Å²) in [6, 6.07) is 1.38. The molecule has 0 atom stereocenters. The summed E-state index contributed by atoms with van der Waals surface area (Å²) in [4.78, 5) is 23.4. The first kappa shape index (κ1) is 12.9. The lowest BCUT2D eigenvalue weighted by Crippen LogP contribution is -2.06. The first-order chi connectivity index (χ1) is 10.0. The summed E-state index contributed by atoms with van der Waals surface area (Å²) in [6.45, 7) is 3.41. The lowest BCUT2D eigenvalue weighted by molar-refractivity contribution is 0.0690. The van der Waals surface area contributed by atoms with Crippen LogP contribution in [0, 0.1) is 13.8 Å². The lowest BCUT2D eigenvalue weighted by atomic mass is 10.3. The van der Waals surface area contributed by atoms with Gasteiger partial charge in [0.05, 0.1) is 0 Å². The van der Waals surface area contributed by atoms with Crippen LogP contribution in [-0.4, -0.2) is 41.0 Å². The molecule has 3 heterocycles. The quantitative estimate of drug-likeness (QED) is 0.757. The maximum atomic E-state index is 10.9. The molecular weight excluding hydrogens is 276 g/mol. The summed E-state index contributed by atoms with van der Waals surface area (Å²) in [7, 11) is 0. The Kier molecular flexibility index (Phi) is 2.94. The molecule has 0 aliphatic rings. The molecule has 0 spiro atoms. The normalized spacial score (nSPS) is 10.8. The monoisotopic (exact) mass is 286 g/mol. The van der Waals surface area contributed by atoms with Gasteiger partial charge >= 0.3 is 5.97 Å². The average molecular weight is 286 g/mol. The summed E-state index contributed by atoms with van der Waals surface area (Å²) in [6.07, 6.45) is 3.03. The molecular formula is C12H10N6O3. The first-order valence-electron chi connectivity index (χ1n) is 5.98. The Balaban J connectivity index is 2.16. The molecule has 3 rings (SSSR count). The van der Waals surface area contributed by atoms with Crippen LogP contribution in [0.1, 0.15) is 22.1 Å². The zero-order valence-corrected chi connectivity index (χ0v) is 11.2. The molecule has 0 radical (unpaired) electrons. The number of carboxylic acids is 1. The van der Waals surface area contributed by atoms with Gasteiger partial charge in [-0.1, -0.05) is 5.16 Å². The number of aromatic carboxylic acids is 1. The first-order valence-corrected chi connectivity index (χ1v) is 5.98. The number of hydrogen-bond acceptors (Lipinski definition) is 7. The standard InChI is InChI=1S/C12H10N6O3/c1-6-13-5-8(11-15-7(2)17-21-11)10(14-6)18-4-3-9(16-18)12(19)20/h3-5H,1-2H3,(H,19,20). The van der Waals surface area contributed by atoms with E-state index in [1.807, 2.05) is 0 Å². The number of nitrogens with zero attached hydrogens (tertiary/aromatic N) is 6. The third kappa shape index (κ3) is 2.36. The minimum atomic E-state index is -1.12. The fourth-order valence-corrected chi connectivity index (χ4v) is 1.75. The van der Waals surface area contributed by atoms with Crippen molar-refractivity contribution in [3.63, 3.8) is 0 Å². The van der Waals surface area contributed by atoms with E-state index >= 15 is 0 Å². The summed E-state index contributed by atoms with van der Waals surface area (Å²) in [5.41, 5.74) is 0.389. The van der Waals surface area contributed by atoms with Crippen LogP contribution in [0.2, 0.25) is 0 Å². The molecule has 21 heavy (non-hydrogen) atoms. The SMILES string of the molecule is Cc1noc(-c2cnc(C)nc2-n2ccc(C(=O)O)n2)n1. The molecule has 0 bridgehead atoms. The summed E-state index contributed by atoms with van der Waals surface area (Å²) < 4.78 is 6.45. The summed E-state index contributed by atoms with van der Waals surface area (Å²) in [5.74, 6) is 0.490. The van der Waals surface area contributed by atoms with Gasteiger partial charge < -0.3 is 9.63 Å². The van der Waals surface area contributed by atoms with E-state index in [2.05, 4.69) is 25.2 Å². The average Bonchev–Trinajstić information content (AvgIpc) is 3.07. The van der Waals surface area contributed by atoms with Gasteiger partial charge in [0.15, 0.2) is 17.3 Å². The largest absolute Gasteiger partial charge is 0.476 e. The molecule has 0 unspecified atom stereocenters. The van der Waals surface area contributed by atoms with Gasteiger partial charge in [-0.2, -0.15) is 10.1 Å². The highest BCUT2D eigenvalue weighted by atomic mass is 16.5. The predicted molar refractivity (Wildman–Crippen MR) is 68.9 cm³/mol. The van der Waals surface area contributed by atoms with Crippen LogP contribution >= 0.6 is 0 Å². The van der Waals surface area contributed by atoms with Crippen molar-refractivity contribution >= 4 is 5.97 Å². The topological polar surface area (TPSA) is 120 Å². The zero-order valence-electron chi connectivity index (χ0n) is 11.2. The Hall–Kier alpha value is -3.10. The highest BCUT2D eigenvalue weighted by Crippen LogP contribution is 2.22. The number of aryl methyl sites for hydroxylation is 2. The smallest absolute Gasteiger partial charge is 0.356 e. The molecule has 0 aliphatic heterocycles. The molecule has 0 aromatic carbocycles. The highest BCUT2D eigenvalue weighted by Gasteiger charge is 2.17. The minimum Gasteiger partial charge on any atom is -0.476 e. The fourth-order valence-electron chi connectivity index (χ4n) is 1.75. The molecule has 9 nitrogen and oxygen atoms in total.